The lowest BCUT2D eigenvalue weighted by atomic mass is 9.32. The van der Waals surface area contributed by atoms with Gasteiger partial charge in [0.2, 0.25) is 0 Å². The lowest BCUT2D eigenvalue weighted by Crippen LogP contribution is -2.66. The molecule has 5 saturated carbocycles. The number of ether oxygens (including phenoxy) is 1. The van der Waals surface area contributed by atoms with Gasteiger partial charge in [-0.25, -0.2) is 0 Å². The molecule has 5 rings (SSSR count). The smallest absolute Gasteiger partial charge is 0.306 e. The average Bonchev–Trinajstić information content (AvgIpc) is 3.13. The summed E-state index contributed by atoms with van der Waals surface area (Å²) >= 11 is 0. The predicted octanol–water partition coefficient (Wildman–Crippen LogP) is 7.74. The molecule has 11 atom stereocenters. The third-order valence-corrected chi connectivity index (χ3v) is 14.2. The first-order valence-electron chi connectivity index (χ1n) is 15.0. The molecule has 0 aliphatic heterocycles. The SMILES string of the molecule is CC(=O)O[C@@H]1CC[C@@]2(C)C(CC[C@]3(C)C2CCC2C4[C@H]([C@@H](C)C(=O)O)CC[C@]4(C)CC[C@]23C)C1(C)C. The number of fused-ring (bicyclic) bond motifs is 7. The topological polar surface area (TPSA) is 63.6 Å². The first-order valence-corrected chi connectivity index (χ1v) is 15.0. The first-order chi connectivity index (χ1) is 16.6. The summed E-state index contributed by atoms with van der Waals surface area (Å²) in [6, 6.07) is 0. The fraction of sp³-hybridized carbons (Fsp3) is 0.938. The Kier molecular flexibility index (Phi) is 6.06. The number of hydrogen-bond donors (Lipinski definition) is 1. The quantitative estimate of drug-likeness (QED) is 0.403. The van der Waals surface area contributed by atoms with Gasteiger partial charge in [0, 0.05) is 12.3 Å². The van der Waals surface area contributed by atoms with Crippen molar-refractivity contribution in [3.05, 3.63) is 0 Å². The van der Waals surface area contributed by atoms with E-state index in [1.807, 2.05) is 6.92 Å². The van der Waals surface area contributed by atoms with Crippen molar-refractivity contribution < 1.29 is 19.4 Å². The van der Waals surface area contributed by atoms with E-state index in [-0.39, 0.29) is 39.7 Å². The number of aliphatic carboxylic acids is 1. The van der Waals surface area contributed by atoms with Crippen molar-refractivity contribution in [2.75, 3.05) is 0 Å². The van der Waals surface area contributed by atoms with Gasteiger partial charge in [-0.2, -0.15) is 0 Å². The summed E-state index contributed by atoms with van der Waals surface area (Å²) in [5, 5.41) is 9.97. The molecule has 0 aromatic heterocycles. The summed E-state index contributed by atoms with van der Waals surface area (Å²) in [5.41, 5.74) is 1.13. The number of hydrogen-bond acceptors (Lipinski definition) is 3. The fourth-order valence-corrected chi connectivity index (χ4v) is 12.1. The molecular formula is C32H52O4. The molecule has 0 saturated heterocycles. The van der Waals surface area contributed by atoms with E-state index >= 15 is 0 Å². The van der Waals surface area contributed by atoms with Crippen LogP contribution in [0.1, 0.15) is 120 Å². The molecule has 0 aromatic carbocycles. The number of carbonyl (C=O) groups excluding carboxylic acids is 1. The zero-order valence-corrected chi connectivity index (χ0v) is 24.3. The second-order valence-corrected chi connectivity index (χ2v) is 15.6. The minimum Gasteiger partial charge on any atom is -0.481 e. The Hall–Kier alpha value is -1.06. The normalized spacial score (nSPS) is 52.2. The highest BCUT2D eigenvalue weighted by atomic mass is 16.5. The molecule has 0 aromatic rings. The predicted molar refractivity (Wildman–Crippen MR) is 142 cm³/mol. The molecule has 0 radical (unpaired) electrons. The summed E-state index contributed by atoms with van der Waals surface area (Å²) in [6.07, 6.45) is 12.0. The van der Waals surface area contributed by atoms with Crippen LogP contribution in [-0.4, -0.2) is 23.1 Å². The monoisotopic (exact) mass is 500 g/mol. The van der Waals surface area contributed by atoms with Crippen LogP contribution < -0.4 is 0 Å². The summed E-state index contributed by atoms with van der Waals surface area (Å²) < 4.78 is 5.89. The van der Waals surface area contributed by atoms with Crippen LogP contribution in [0, 0.1) is 62.6 Å². The molecule has 0 spiro atoms. The van der Waals surface area contributed by atoms with E-state index in [2.05, 4.69) is 41.5 Å². The molecule has 5 aliphatic rings. The van der Waals surface area contributed by atoms with Gasteiger partial charge in [-0.1, -0.05) is 48.5 Å². The minimum atomic E-state index is -0.601. The maximum atomic E-state index is 12.1. The van der Waals surface area contributed by atoms with Gasteiger partial charge in [0.15, 0.2) is 0 Å². The number of carboxylic acids is 1. The van der Waals surface area contributed by atoms with E-state index in [1.165, 1.54) is 44.9 Å². The van der Waals surface area contributed by atoms with Crippen molar-refractivity contribution in [2.24, 2.45) is 62.6 Å². The molecule has 36 heavy (non-hydrogen) atoms. The first kappa shape index (κ1) is 26.5. The summed E-state index contributed by atoms with van der Waals surface area (Å²) in [7, 11) is 0. The summed E-state index contributed by atoms with van der Waals surface area (Å²) in [6.45, 7) is 18.6. The van der Waals surface area contributed by atoms with E-state index in [4.69, 9.17) is 4.74 Å². The lowest BCUT2D eigenvalue weighted by Gasteiger charge is -2.73. The highest BCUT2D eigenvalue weighted by molar-refractivity contribution is 5.70. The van der Waals surface area contributed by atoms with Gasteiger partial charge in [0.25, 0.3) is 0 Å². The molecule has 4 unspecified atom stereocenters. The van der Waals surface area contributed by atoms with Gasteiger partial charge in [-0.15, -0.1) is 0 Å². The van der Waals surface area contributed by atoms with Crippen molar-refractivity contribution in [1.29, 1.82) is 0 Å². The molecular weight excluding hydrogens is 448 g/mol. The molecule has 204 valence electrons. The second kappa shape index (κ2) is 8.22. The molecule has 0 heterocycles. The van der Waals surface area contributed by atoms with E-state index < -0.39 is 5.97 Å². The summed E-state index contributed by atoms with van der Waals surface area (Å²) in [4.78, 5) is 24.0. The van der Waals surface area contributed by atoms with Crippen LogP contribution in [0.2, 0.25) is 0 Å². The highest BCUT2D eigenvalue weighted by Crippen LogP contribution is 2.77. The Bertz CT molecular complexity index is 925. The third-order valence-electron chi connectivity index (χ3n) is 14.2. The van der Waals surface area contributed by atoms with E-state index in [0.29, 0.717) is 35.0 Å². The molecule has 4 nitrogen and oxygen atoms in total. The number of carboxylic acid groups (broad SMARTS) is 1. The van der Waals surface area contributed by atoms with E-state index in [1.54, 1.807) is 6.92 Å². The van der Waals surface area contributed by atoms with Gasteiger partial charge < -0.3 is 9.84 Å². The van der Waals surface area contributed by atoms with Gasteiger partial charge >= 0.3 is 11.9 Å². The van der Waals surface area contributed by atoms with Crippen molar-refractivity contribution in [1.82, 2.24) is 0 Å². The van der Waals surface area contributed by atoms with E-state index in [0.717, 1.165) is 19.3 Å². The van der Waals surface area contributed by atoms with Crippen LogP contribution in [0.25, 0.3) is 0 Å². The molecule has 0 bridgehead atoms. The van der Waals surface area contributed by atoms with Crippen LogP contribution in [-0.2, 0) is 14.3 Å². The average molecular weight is 501 g/mol. The Balaban J connectivity index is 1.49. The number of rotatable bonds is 3. The third kappa shape index (κ3) is 3.36. The Morgan fingerprint density at radius 1 is 0.806 bits per heavy atom. The van der Waals surface area contributed by atoms with Crippen molar-refractivity contribution >= 4 is 11.9 Å². The Morgan fingerprint density at radius 3 is 2.14 bits per heavy atom. The molecule has 1 N–H and O–H groups in total. The Labute approximate surface area is 219 Å². The largest absolute Gasteiger partial charge is 0.481 e. The summed E-state index contributed by atoms with van der Waals surface area (Å²) in [5.74, 6) is 1.77. The van der Waals surface area contributed by atoms with Crippen molar-refractivity contribution in [3.63, 3.8) is 0 Å². The maximum absolute atomic E-state index is 12.1. The second-order valence-electron chi connectivity index (χ2n) is 15.6. The lowest BCUT2D eigenvalue weighted by molar-refractivity contribution is -0.250. The van der Waals surface area contributed by atoms with Crippen molar-refractivity contribution in [3.8, 4) is 0 Å². The number of esters is 1. The van der Waals surface area contributed by atoms with Crippen LogP contribution in [0.3, 0.4) is 0 Å². The minimum absolute atomic E-state index is 0.00361. The Morgan fingerprint density at radius 2 is 1.50 bits per heavy atom. The van der Waals surface area contributed by atoms with Gasteiger partial charge in [-0.3, -0.25) is 9.59 Å². The van der Waals surface area contributed by atoms with Crippen LogP contribution >= 0.6 is 0 Å². The number of carbonyl (C=O) groups is 2. The molecule has 4 heteroatoms. The van der Waals surface area contributed by atoms with E-state index in [9.17, 15) is 14.7 Å². The fourth-order valence-electron chi connectivity index (χ4n) is 12.1. The molecule has 5 aliphatic carbocycles. The highest BCUT2D eigenvalue weighted by Gasteiger charge is 2.70. The zero-order valence-electron chi connectivity index (χ0n) is 24.3. The maximum Gasteiger partial charge on any atom is 0.306 e. The van der Waals surface area contributed by atoms with Crippen LogP contribution in [0.4, 0.5) is 0 Å². The standard InChI is InChI=1S/C32H52O4/c1-19(27(34)35)21-11-14-29(5)17-18-31(7)22(26(21)29)9-10-24-30(6)15-13-25(36-20(2)33)28(3,4)23(30)12-16-32(24,31)8/h19,21-26H,9-18H2,1-8H3,(H,34,35)/t19-,21+,22?,23?,24?,25-,26?,29-,30+,31-,32-/m1/s1. The van der Waals surface area contributed by atoms with Gasteiger partial charge in [-0.05, 0) is 115 Å². The zero-order chi connectivity index (χ0) is 26.5. The van der Waals surface area contributed by atoms with Gasteiger partial charge in [0.1, 0.15) is 6.10 Å². The molecule has 0 amide bonds. The van der Waals surface area contributed by atoms with Crippen LogP contribution in [0.5, 0.6) is 0 Å². The van der Waals surface area contributed by atoms with Crippen molar-refractivity contribution in [2.45, 2.75) is 126 Å². The molecule has 5 fully saturated rings. The van der Waals surface area contributed by atoms with Crippen LogP contribution in [0.15, 0.2) is 0 Å². The van der Waals surface area contributed by atoms with Gasteiger partial charge in [0.05, 0.1) is 5.92 Å².